The summed E-state index contributed by atoms with van der Waals surface area (Å²) in [7, 11) is 0. The van der Waals surface area contributed by atoms with Gasteiger partial charge in [0.2, 0.25) is 0 Å². The Hall–Kier alpha value is -2.76. The molecule has 25 heavy (non-hydrogen) atoms. The summed E-state index contributed by atoms with van der Waals surface area (Å²) in [4.78, 5) is 19.1. The van der Waals surface area contributed by atoms with E-state index in [0.717, 1.165) is 28.6 Å². The summed E-state index contributed by atoms with van der Waals surface area (Å²) in [6.45, 7) is 12.8. The van der Waals surface area contributed by atoms with Gasteiger partial charge in [-0.05, 0) is 39.8 Å². The Labute approximate surface area is 147 Å². The van der Waals surface area contributed by atoms with Crippen molar-refractivity contribution < 1.29 is 4.79 Å². The highest BCUT2D eigenvalue weighted by Crippen LogP contribution is 2.26. The lowest BCUT2D eigenvalue weighted by molar-refractivity contribution is 0.0637. The molecular formula is C19H23N5O. The first-order chi connectivity index (χ1) is 11.9. The summed E-state index contributed by atoms with van der Waals surface area (Å²) in [5.41, 5.74) is 3.36. The van der Waals surface area contributed by atoms with Crippen LogP contribution in [0.2, 0.25) is 0 Å². The average molecular weight is 337 g/mol. The summed E-state index contributed by atoms with van der Waals surface area (Å²) in [6, 6.07) is 7.53. The SMILES string of the molecule is C=C(C)/N=C(\C)c1nnc2n1CCN(C(=O)c1ccc(C)cc1)C2C. The van der Waals surface area contributed by atoms with Gasteiger partial charge in [-0.15, -0.1) is 10.2 Å². The van der Waals surface area contributed by atoms with Crippen molar-refractivity contribution in [1.29, 1.82) is 0 Å². The molecule has 1 aromatic heterocycles. The fourth-order valence-electron chi connectivity index (χ4n) is 3.13. The molecule has 6 nitrogen and oxygen atoms in total. The zero-order valence-corrected chi connectivity index (χ0v) is 15.2. The lowest BCUT2D eigenvalue weighted by Crippen LogP contribution is -2.41. The maximum Gasteiger partial charge on any atom is 0.254 e. The number of hydrogen-bond donors (Lipinski definition) is 0. The van der Waals surface area contributed by atoms with E-state index in [-0.39, 0.29) is 11.9 Å². The van der Waals surface area contributed by atoms with E-state index in [1.807, 2.05) is 61.4 Å². The number of amides is 1. The van der Waals surface area contributed by atoms with Gasteiger partial charge in [0, 0.05) is 24.4 Å². The van der Waals surface area contributed by atoms with Gasteiger partial charge in [0.05, 0.1) is 11.8 Å². The highest BCUT2D eigenvalue weighted by Gasteiger charge is 2.32. The molecule has 0 aliphatic carbocycles. The van der Waals surface area contributed by atoms with Crippen molar-refractivity contribution in [2.75, 3.05) is 6.54 Å². The molecule has 6 heteroatoms. The number of hydrogen-bond acceptors (Lipinski definition) is 4. The van der Waals surface area contributed by atoms with Crippen LogP contribution in [0.15, 0.2) is 41.5 Å². The second kappa shape index (κ2) is 6.63. The second-order valence-electron chi connectivity index (χ2n) is 6.51. The molecule has 0 saturated carbocycles. The van der Waals surface area contributed by atoms with Crippen molar-refractivity contribution in [3.63, 3.8) is 0 Å². The van der Waals surface area contributed by atoms with E-state index in [2.05, 4.69) is 21.8 Å². The predicted molar refractivity (Wildman–Crippen MR) is 97.7 cm³/mol. The molecule has 1 aromatic carbocycles. The third-order valence-electron chi connectivity index (χ3n) is 4.43. The molecule has 0 spiro atoms. The molecule has 3 rings (SSSR count). The minimum atomic E-state index is -0.138. The number of fused-ring (bicyclic) bond motifs is 1. The fraction of sp³-hybridized carbons (Fsp3) is 0.368. The van der Waals surface area contributed by atoms with Crippen molar-refractivity contribution >= 4 is 11.6 Å². The molecule has 1 aliphatic heterocycles. The summed E-state index contributed by atoms with van der Waals surface area (Å²) >= 11 is 0. The number of allylic oxidation sites excluding steroid dienone is 1. The maximum atomic E-state index is 12.9. The molecular weight excluding hydrogens is 314 g/mol. The third-order valence-corrected chi connectivity index (χ3v) is 4.43. The van der Waals surface area contributed by atoms with Gasteiger partial charge in [0.15, 0.2) is 11.6 Å². The van der Waals surface area contributed by atoms with Crippen LogP contribution in [-0.4, -0.2) is 37.8 Å². The van der Waals surface area contributed by atoms with Gasteiger partial charge in [-0.2, -0.15) is 0 Å². The number of carbonyl (C=O) groups excluding carboxylic acids is 1. The summed E-state index contributed by atoms with van der Waals surface area (Å²) in [5.74, 6) is 1.56. The van der Waals surface area contributed by atoms with Crippen molar-refractivity contribution in [2.24, 2.45) is 4.99 Å². The van der Waals surface area contributed by atoms with Crippen LogP contribution in [0.4, 0.5) is 0 Å². The predicted octanol–water partition coefficient (Wildman–Crippen LogP) is 3.15. The van der Waals surface area contributed by atoms with E-state index in [1.165, 1.54) is 0 Å². The average Bonchev–Trinajstić information content (AvgIpc) is 3.00. The minimum absolute atomic E-state index is 0.0237. The lowest BCUT2D eigenvalue weighted by Gasteiger charge is -2.33. The Bertz CT molecular complexity index is 847. The van der Waals surface area contributed by atoms with Gasteiger partial charge in [-0.25, -0.2) is 0 Å². The number of nitrogens with zero attached hydrogens (tertiary/aromatic N) is 5. The standard InChI is InChI=1S/C19H23N5O/c1-12(2)20-14(4)17-21-22-18-15(5)23(10-11-24(17)18)19(25)16-8-6-13(3)7-9-16/h6-9,15H,1,10-11H2,2-5H3/b20-14+. The van der Waals surface area contributed by atoms with Crippen molar-refractivity contribution in [2.45, 2.75) is 40.3 Å². The van der Waals surface area contributed by atoms with Crippen LogP contribution in [0.3, 0.4) is 0 Å². The van der Waals surface area contributed by atoms with Crippen molar-refractivity contribution in [1.82, 2.24) is 19.7 Å². The molecule has 0 fully saturated rings. The number of rotatable bonds is 3. The molecule has 1 aliphatic rings. The first-order valence-corrected chi connectivity index (χ1v) is 8.40. The van der Waals surface area contributed by atoms with E-state index in [4.69, 9.17) is 0 Å². The summed E-state index contributed by atoms with van der Waals surface area (Å²) < 4.78 is 2.05. The monoisotopic (exact) mass is 337 g/mol. The quantitative estimate of drug-likeness (QED) is 0.808. The Morgan fingerprint density at radius 2 is 1.88 bits per heavy atom. The van der Waals surface area contributed by atoms with Gasteiger partial charge >= 0.3 is 0 Å². The Morgan fingerprint density at radius 1 is 1.20 bits per heavy atom. The minimum Gasteiger partial charge on any atom is -0.327 e. The van der Waals surface area contributed by atoms with E-state index in [0.29, 0.717) is 18.7 Å². The number of aliphatic imine (C=N–C) groups is 1. The lowest BCUT2D eigenvalue weighted by atomic mass is 10.1. The topological polar surface area (TPSA) is 63.4 Å². The van der Waals surface area contributed by atoms with Crippen molar-refractivity contribution in [3.8, 4) is 0 Å². The van der Waals surface area contributed by atoms with Crippen LogP contribution >= 0.6 is 0 Å². The number of carbonyl (C=O) groups is 1. The molecule has 1 atom stereocenters. The van der Waals surface area contributed by atoms with Crippen LogP contribution in [0, 0.1) is 6.92 Å². The Balaban J connectivity index is 1.88. The summed E-state index contributed by atoms with van der Waals surface area (Å²) in [5, 5.41) is 8.60. The van der Waals surface area contributed by atoms with Crippen molar-refractivity contribution in [3.05, 3.63) is 59.3 Å². The number of benzene rings is 1. The zero-order valence-electron chi connectivity index (χ0n) is 15.2. The zero-order chi connectivity index (χ0) is 18.1. The van der Waals surface area contributed by atoms with E-state index >= 15 is 0 Å². The molecule has 130 valence electrons. The van der Waals surface area contributed by atoms with Gasteiger partial charge in [0.1, 0.15) is 0 Å². The van der Waals surface area contributed by atoms with Crippen LogP contribution in [0.25, 0.3) is 0 Å². The van der Waals surface area contributed by atoms with Crippen LogP contribution in [0.5, 0.6) is 0 Å². The third kappa shape index (κ3) is 3.24. The van der Waals surface area contributed by atoms with Gasteiger partial charge in [-0.1, -0.05) is 24.3 Å². The highest BCUT2D eigenvalue weighted by molar-refractivity contribution is 5.96. The molecule has 1 amide bonds. The Kier molecular flexibility index (Phi) is 4.53. The van der Waals surface area contributed by atoms with Gasteiger partial charge < -0.3 is 9.47 Å². The van der Waals surface area contributed by atoms with Gasteiger partial charge in [0.25, 0.3) is 5.91 Å². The molecule has 0 N–H and O–H groups in total. The molecule has 0 bridgehead atoms. The first-order valence-electron chi connectivity index (χ1n) is 8.40. The van der Waals surface area contributed by atoms with Crippen LogP contribution in [-0.2, 0) is 6.54 Å². The molecule has 2 aromatic rings. The molecule has 2 heterocycles. The van der Waals surface area contributed by atoms with Crippen LogP contribution in [0.1, 0.15) is 54.4 Å². The van der Waals surface area contributed by atoms with E-state index in [1.54, 1.807) is 0 Å². The molecule has 0 saturated heterocycles. The van der Waals surface area contributed by atoms with Crippen LogP contribution < -0.4 is 0 Å². The molecule has 1 unspecified atom stereocenters. The van der Waals surface area contributed by atoms with E-state index in [9.17, 15) is 4.79 Å². The second-order valence-corrected chi connectivity index (χ2v) is 6.51. The normalized spacial score (nSPS) is 17.4. The van der Waals surface area contributed by atoms with Gasteiger partial charge in [-0.3, -0.25) is 9.79 Å². The maximum absolute atomic E-state index is 12.9. The highest BCUT2D eigenvalue weighted by atomic mass is 16.2. The molecule has 0 radical (unpaired) electrons. The summed E-state index contributed by atoms with van der Waals surface area (Å²) in [6.07, 6.45) is 0. The fourth-order valence-corrected chi connectivity index (χ4v) is 3.13. The first kappa shape index (κ1) is 17.1. The number of aromatic nitrogens is 3. The van der Waals surface area contributed by atoms with E-state index < -0.39 is 0 Å². The largest absolute Gasteiger partial charge is 0.327 e. The smallest absolute Gasteiger partial charge is 0.254 e. The number of aryl methyl sites for hydroxylation is 1. The Morgan fingerprint density at radius 3 is 2.52 bits per heavy atom.